The number of rotatable bonds is 8. The van der Waals surface area contributed by atoms with Gasteiger partial charge in [-0.05, 0) is 42.8 Å². The first-order valence-electron chi connectivity index (χ1n) is 9.93. The van der Waals surface area contributed by atoms with E-state index >= 15 is 0 Å². The Bertz CT molecular complexity index is 935. The van der Waals surface area contributed by atoms with E-state index in [1.807, 2.05) is 66.3 Å². The minimum absolute atomic E-state index is 0.178. The first kappa shape index (κ1) is 20.2. The number of fused-ring (bicyclic) bond motifs is 1. The third-order valence-electron chi connectivity index (χ3n) is 5.47. The van der Waals surface area contributed by atoms with Gasteiger partial charge in [0, 0.05) is 42.9 Å². The number of nitrogens with zero attached hydrogens (tertiary/aromatic N) is 1. The molecule has 0 unspecified atom stereocenters. The monoisotopic (exact) mass is 408 g/mol. The number of aromatic nitrogens is 1. The molecule has 1 radical (unpaired) electrons. The summed E-state index contributed by atoms with van der Waals surface area (Å²) in [6.45, 7) is 2.52. The Balaban J connectivity index is 1.59. The largest absolute Gasteiger partial charge is 0.496 e. The second-order valence-corrected chi connectivity index (χ2v) is 7.41. The van der Waals surface area contributed by atoms with Crippen LogP contribution in [0.1, 0.15) is 23.7 Å². The molecule has 0 saturated heterocycles. The first-order valence-corrected chi connectivity index (χ1v) is 9.93. The standard InChI is InChI=1S/C24H26NO5/c1-16-21(27-2)12-17(13-22(16)28-3)24(26)18(15-25-10-6-7-11-25)14-23-29-19-8-4-5-9-20(19)30-23/h4-6,8-13,18,23-24,26H,14-15H2,1-3H3/t18-,24+/m0/s1. The van der Waals surface area contributed by atoms with Crippen LogP contribution in [0.5, 0.6) is 23.0 Å². The lowest BCUT2D eigenvalue weighted by atomic mass is 9.91. The first-order chi connectivity index (χ1) is 14.6. The van der Waals surface area contributed by atoms with Crippen LogP contribution in [0, 0.1) is 18.9 Å². The van der Waals surface area contributed by atoms with E-state index in [-0.39, 0.29) is 5.92 Å². The molecule has 0 saturated carbocycles. The summed E-state index contributed by atoms with van der Waals surface area (Å²) in [7, 11) is 3.23. The van der Waals surface area contributed by atoms with Gasteiger partial charge in [0.2, 0.25) is 6.29 Å². The fraction of sp³-hybridized carbons (Fsp3) is 0.333. The second kappa shape index (κ2) is 8.71. The number of methoxy groups -OCH3 is 2. The van der Waals surface area contributed by atoms with Crippen LogP contribution in [0.2, 0.25) is 0 Å². The van der Waals surface area contributed by atoms with Gasteiger partial charge in [0.1, 0.15) is 11.5 Å². The van der Waals surface area contributed by atoms with E-state index in [0.29, 0.717) is 24.5 Å². The van der Waals surface area contributed by atoms with Gasteiger partial charge < -0.3 is 28.6 Å². The van der Waals surface area contributed by atoms with Gasteiger partial charge in [-0.1, -0.05) is 12.1 Å². The van der Waals surface area contributed by atoms with Crippen molar-refractivity contribution in [2.75, 3.05) is 14.2 Å². The highest BCUT2D eigenvalue weighted by molar-refractivity contribution is 5.48. The molecule has 6 heteroatoms. The van der Waals surface area contributed by atoms with Crippen molar-refractivity contribution in [3.8, 4) is 23.0 Å². The average Bonchev–Trinajstić information content (AvgIpc) is 3.42. The number of hydrogen-bond acceptors (Lipinski definition) is 5. The van der Waals surface area contributed by atoms with Crippen LogP contribution in [0.15, 0.2) is 54.9 Å². The Labute approximate surface area is 176 Å². The van der Waals surface area contributed by atoms with Gasteiger partial charge in [-0.3, -0.25) is 0 Å². The van der Waals surface area contributed by atoms with Gasteiger partial charge in [0.15, 0.2) is 11.5 Å². The third kappa shape index (κ3) is 4.09. The molecule has 0 spiro atoms. The van der Waals surface area contributed by atoms with Crippen molar-refractivity contribution in [2.24, 2.45) is 5.92 Å². The number of hydrogen-bond donors (Lipinski definition) is 1. The maximum absolute atomic E-state index is 11.3. The quantitative estimate of drug-likeness (QED) is 0.607. The Morgan fingerprint density at radius 1 is 1.10 bits per heavy atom. The number of aliphatic hydroxyl groups excluding tert-OH is 1. The van der Waals surface area contributed by atoms with Crippen LogP contribution in [-0.2, 0) is 6.54 Å². The van der Waals surface area contributed by atoms with Crippen molar-refractivity contribution in [3.05, 3.63) is 72.1 Å². The van der Waals surface area contributed by atoms with Crippen LogP contribution in [0.3, 0.4) is 0 Å². The topological polar surface area (TPSA) is 62.1 Å². The number of para-hydroxylation sites is 2. The molecule has 157 valence electrons. The molecule has 6 nitrogen and oxygen atoms in total. The molecule has 0 bridgehead atoms. The van der Waals surface area contributed by atoms with Gasteiger partial charge in [0.25, 0.3) is 0 Å². The van der Waals surface area contributed by atoms with E-state index < -0.39 is 12.4 Å². The van der Waals surface area contributed by atoms with E-state index in [1.54, 1.807) is 14.2 Å². The number of aliphatic hydroxyl groups is 1. The van der Waals surface area contributed by atoms with Crippen LogP contribution < -0.4 is 18.9 Å². The SMILES string of the molecule is COc1cc([C@@H](O)[C@@H](CC2Oc3ccccc3O2)Cn2c[c]cc2)cc(OC)c1C. The second-order valence-electron chi connectivity index (χ2n) is 7.41. The van der Waals surface area contributed by atoms with Crippen molar-refractivity contribution in [1.82, 2.24) is 4.57 Å². The number of ether oxygens (including phenoxy) is 4. The highest BCUT2D eigenvalue weighted by atomic mass is 16.7. The normalized spacial score (nSPS) is 15.1. The molecule has 1 aliphatic heterocycles. The lowest BCUT2D eigenvalue weighted by Crippen LogP contribution is -2.28. The molecule has 1 aliphatic rings. The maximum atomic E-state index is 11.3. The fourth-order valence-corrected chi connectivity index (χ4v) is 3.85. The van der Waals surface area contributed by atoms with Crippen molar-refractivity contribution in [3.63, 3.8) is 0 Å². The molecule has 1 N–H and O–H groups in total. The van der Waals surface area contributed by atoms with Crippen LogP contribution in [0.25, 0.3) is 0 Å². The summed E-state index contributed by atoms with van der Waals surface area (Å²) in [5.41, 5.74) is 1.62. The summed E-state index contributed by atoms with van der Waals surface area (Å²) < 4.78 is 24.9. The molecular formula is C24H26NO5. The van der Waals surface area contributed by atoms with E-state index in [0.717, 1.165) is 22.6 Å². The van der Waals surface area contributed by atoms with Crippen LogP contribution >= 0.6 is 0 Å². The summed E-state index contributed by atoms with van der Waals surface area (Å²) in [5, 5.41) is 11.3. The Kier molecular flexibility index (Phi) is 5.86. The molecule has 2 atom stereocenters. The maximum Gasteiger partial charge on any atom is 0.242 e. The van der Waals surface area contributed by atoms with E-state index in [2.05, 4.69) is 6.07 Å². The molecule has 0 amide bonds. The highest BCUT2D eigenvalue weighted by Gasteiger charge is 2.32. The third-order valence-corrected chi connectivity index (χ3v) is 5.47. The molecule has 4 rings (SSSR count). The zero-order valence-electron chi connectivity index (χ0n) is 17.4. The van der Waals surface area contributed by atoms with Crippen LogP contribution in [0.4, 0.5) is 0 Å². The lowest BCUT2D eigenvalue weighted by Gasteiger charge is -2.26. The van der Waals surface area contributed by atoms with Crippen molar-refractivity contribution in [2.45, 2.75) is 32.3 Å². The van der Waals surface area contributed by atoms with Gasteiger partial charge >= 0.3 is 0 Å². The average molecular weight is 408 g/mol. The molecule has 30 heavy (non-hydrogen) atoms. The predicted octanol–water partition coefficient (Wildman–Crippen LogP) is 4.15. The Hall–Kier alpha value is -3.12. The summed E-state index contributed by atoms with van der Waals surface area (Å²) in [6.07, 6.45) is 3.07. The van der Waals surface area contributed by atoms with Gasteiger partial charge in [0.05, 0.1) is 20.3 Å². The van der Waals surface area contributed by atoms with Crippen molar-refractivity contribution >= 4 is 0 Å². The molecule has 0 fully saturated rings. The van der Waals surface area contributed by atoms with Crippen molar-refractivity contribution < 1.29 is 24.1 Å². The lowest BCUT2D eigenvalue weighted by molar-refractivity contribution is -0.00697. The van der Waals surface area contributed by atoms with Crippen LogP contribution in [-0.4, -0.2) is 30.2 Å². The summed E-state index contributed by atoms with van der Waals surface area (Å²) in [6, 6.07) is 16.2. The summed E-state index contributed by atoms with van der Waals surface area (Å²) in [5.74, 6) is 2.63. The predicted molar refractivity (Wildman–Crippen MR) is 112 cm³/mol. The van der Waals surface area contributed by atoms with Gasteiger partial charge in [-0.2, -0.15) is 0 Å². The minimum Gasteiger partial charge on any atom is -0.496 e. The van der Waals surface area contributed by atoms with Crippen molar-refractivity contribution in [1.29, 1.82) is 0 Å². The Morgan fingerprint density at radius 3 is 2.27 bits per heavy atom. The Morgan fingerprint density at radius 2 is 1.73 bits per heavy atom. The molecule has 2 aromatic carbocycles. The van der Waals surface area contributed by atoms with E-state index in [1.165, 1.54) is 0 Å². The summed E-state index contributed by atoms with van der Waals surface area (Å²) >= 11 is 0. The van der Waals surface area contributed by atoms with Gasteiger partial charge in [-0.25, -0.2) is 0 Å². The zero-order chi connectivity index (χ0) is 21.1. The smallest absolute Gasteiger partial charge is 0.242 e. The fourth-order valence-electron chi connectivity index (χ4n) is 3.85. The zero-order valence-corrected chi connectivity index (χ0v) is 17.4. The molecule has 0 aliphatic carbocycles. The molecule has 1 aromatic heterocycles. The molecule has 2 heterocycles. The van der Waals surface area contributed by atoms with Gasteiger partial charge in [-0.15, -0.1) is 0 Å². The highest BCUT2D eigenvalue weighted by Crippen LogP contribution is 2.39. The van der Waals surface area contributed by atoms with E-state index in [9.17, 15) is 5.11 Å². The summed E-state index contributed by atoms with van der Waals surface area (Å²) in [4.78, 5) is 0. The number of benzene rings is 2. The molecular weight excluding hydrogens is 382 g/mol. The van der Waals surface area contributed by atoms with E-state index in [4.69, 9.17) is 18.9 Å². The minimum atomic E-state index is -0.772. The molecule has 3 aromatic rings.